The zero-order chi connectivity index (χ0) is 34.4. The van der Waals surface area contributed by atoms with E-state index in [4.69, 9.17) is 9.40 Å². The van der Waals surface area contributed by atoms with Crippen LogP contribution in [-0.2, 0) is 0 Å². The number of fused-ring (bicyclic) bond motifs is 6. The Balaban J connectivity index is 1.20. The minimum atomic E-state index is 0.612. The van der Waals surface area contributed by atoms with Gasteiger partial charge in [-0.25, -0.2) is 4.98 Å². The maximum absolute atomic E-state index is 6.55. The molecule has 3 nitrogen and oxygen atoms in total. The van der Waals surface area contributed by atoms with Crippen LogP contribution in [0.3, 0.4) is 0 Å². The molecule has 0 atom stereocenters. The second kappa shape index (κ2) is 12.4. The van der Waals surface area contributed by atoms with Crippen LogP contribution in [0.25, 0.3) is 77.1 Å². The van der Waals surface area contributed by atoms with E-state index in [1.165, 1.54) is 32.7 Å². The Morgan fingerprint density at radius 1 is 0.385 bits per heavy atom. The van der Waals surface area contributed by atoms with Crippen molar-refractivity contribution < 1.29 is 4.42 Å². The fourth-order valence-corrected chi connectivity index (χ4v) is 7.65. The summed E-state index contributed by atoms with van der Waals surface area (Å²) < 4.78 is 6.55. The highest BCUT2D eigenvalue weighted by molar-refractivity contribution is 6.15. The van der Waals surface area contributed by atoms with E-state index in [0.717, 1.165) is 55.6 Å². The van der Waals surface area contributed by atoms with Gasteiger partial charge in [0.15, 0.2) is 5.58 Å². The number of para-hydroxylation sites is 1. The number of rotatable bonds is 6. The van der Waals surface area contributed by atoms with Gasteiger partial charge in [0.05, 0.1) is 11.4 Å². The summed E-state index contributed by atoms with van der Waals surface area (Å²) in [6.07, 6.45) is 0. The van der Waals surface area contributed by atoms with Crippen molar-refractivity contribution in [2.75, 3.05) is 4.90 Å². The fraction of sp³-hybridized carbons (Fsp3) is 0. The molecule has 10 aromatic rings. The van der Waals surface area contributed by atoms with E-state index >= 15 is 0 Å². The summed E-state index contributed by atoms with van der Waals surface area (Å²) in [5, 5.41) is 7.15. The van der Waals surface area contributed by atoms with Crippen LogP contribution >= 0.6 is 0 Å². The Labute approximate surface area is 301 Å². The van der Waals surface area contributed by atoms with Gasteiger partial charge in [0.1, 0.15) is 5.52 Å². The van der Waals surface area contributed by atoms with Gasteiger partial charge in [-0.2, -0.15) is 0 Å². The van der Waals surface area contributed by atoms with Crippen molar-refractivity contribution in [2.45, 2.75) is 0 Å². The van der Waals surface area contributed by atoms with Crippen LogP contribution in [0, 0.1) is 0 Å². The molecule has 0 aliphatic heterocycles. The van der Waals surface area contributed by atoms with E-state index in [-0.39, 0.29) is 0 Å². The third-order valence-electron chi connectivity index (χ3n) is 10.1. The van der Waals surface area contributed by atoms with Crippen LogP contribution < -0.4 is 4.90 Å². The SMILES string of the molecule is c1ccc(-c2nc3c(cc(N(c4ccc(-c5cc6ccccc6c6ccccc56)cc4)c4ccccc4-c4ccccc4)c4ccccc43)o2)cc1. The molecule has 0 amide bonds. The summed E-state index contributed by atoms with van der Waals surface area (Å²) >= 11 is 0. The first-order valence-corrected chi connectivity index (χ1v) is 17.6. The number of hydrogen-bond donors (Lipinski definition) is 0. The first-order valence-electron chi connectivity index (χ1n) is 17.6. The van der Waals surface area contributed by atoms with Gasteiger partial charge in [-0.3, -0.25) is 0 Å². The van der Waals surface area contributed by atoms with Gasteiger partial charge in [0.25, 0.3) is 0 Å². The molecule has 0 unspecified atom stereocenters. The van der Waals surface area contributed by atoms with Crippen molar-refractivity contribution in [1.29, 1.82) is 0 Å². The van der Waals surface area contributed by atoms with E-state index in [1.807, 2.05) is 30.3 Å². The quantitative estimate of drug-likeness (QED) is 0.166. The minimum Gasteiger partial charge on any atom is -0.436 e. The molecule has 1 heterocycles. The van der Waals surface area contributed by atoms with Crippen molar-refractivity contribution in [3.8, 4) is 33.7 Å². The maximum Gasteiger partial charge on any atom is 0.227 e. The molecular formula is C49H32N2O. The molecule has 0 saturated heterocycles. The molecule has 0 fully saturated rings. The Hall–Kier alpha value is -6.97. The van der Waals surface area contributed by atoms with Crippen LogP contribution in [0.5, 0.6) is 0 Å². The molecule has 0 saturated carbocycles. The largest absolute Gasteiger partial charge is 0.436 e. The lowest BCUT2D eigenvalue weighted by atomic mass is 9.93. The molecule has 52 heavy (non-hydrogen) atoms. The Kier molecular flexibility index (Phi) is 7.14. The molecule has 0 aliphatic rings. The second-order valence-corrected chi connectivity index (χ2v) is 13.1. The summed E-state index contributed by atoms with van der Waals surface area (Å²) in [5.41, 5.74) is 10.4. The van der Waals surface area contributed by atoms with Gasteiger partial charge < -0.3 is 9.32 Å². The van der Waals surface area contributed by atoms with Crippen LogP contribution in [0.2, 0.25) is 0 Å². The average Bonchev–Trinajstić information content (AvgIpc) is 3.67. The summed E-state index contributed by atoms with van der Waals surface area (Å²) in [4.78, 5) is 7.40. The number of benzene rings is 9. The van der Waals surface area contributed by atoms with E-state index in [1.54, 1.807) is 0 Å². The number of hydrogen-bond acceptors (Lipinski definition) is 3. The van der Waals surface area contributed by atoms with E-state index < -0.39 is 0 Å². The molecule has 0 aliphatic carbocycles. The van der Waals surface area contributed by atoms with Crippen molar-refractivity contribution in [3.05, 3.63) is 194 Å². The highest BCUT2D eigenvalue weighted by Crippen LogP contribution is 2.46. The van der Waals surface area contributed by atoms with Crippen molar-refractivity contribution in [2.24, 2.45) is 0 Å². The molecular weight excluding hydrogens is 633 g/mol. The predicted molar refractivity (Wildman–Crippen MR) is 218 cm³/mol. The minimum absolute atomic E-state index is 0.612. The van der Waals surface area contributed by atoms with Crippen molar-refractivity contribution in [1.82, 2.24) is 4.98 Å². The normalized spacial score (nSPS) is 11.5. The third-order valence-corrected chi connectivity index (χ3v) is 10.1. The lowest BCUT2D eigenvalue weighted by molar-refractivity contribution is 0.620. The van der Waals surface area contributed by atoms with Gasteiger partial charge in [-0.15, -0.1) is 0 Å². The first-order chi connectivity index (χ1) is 25.8. The monoisotopic (exact) mass is 664 g/mol. The van der Waals surface area contributed by atoms with Crippen LogP contribution in [0.15, 0.2) is 199 Å². The second-order valence-electron chi connectivity index (χ2n) is 13.1. The average molecular weight is 665 g/mol. The van der Waals surface area contributed by atoms with Gasteiger partial charge in [0, 0.05) is 33.7 Å². The zero-order valence-electron chi connectivity index (χ0n) is 28.3. The Bertz CT molecular complexity index is 2890. The number of anilines is 3. The van der Waals surface area contributed by atoms with Crippen molar-refractivity contribution >= 4 is 60.5 Å². The standard InChI is InChI=1S/C49H32N2O/c1-3-15-33(16-4-1)39-21-13-14-26-45(39)51(46-32-47-48(43-25-12-11-24-42(43)46)50-49(52-47)35-17-5-2-6-18-35)37-29-27-34(28-30-37)44-31-36-19-7-8-20-38(36)40-22-9-10-23-41(40)44/h1-32H. The van der Waals surface area contributed by atoms with Gasteiger partial charge >= 0.3 is 0 Å². The van der Waals surface area contributed by atoms with Crippen molar-refractivity contribution in [3.63, 3.8) is 0 Å². The van der Waals surface area contributed by atoms with E-state index in [0.29, 0.717) is 5.89 Å². The summed E-state index contributed by atoms with van der Waals surface area (Å²) in [5.74, 6) is 0.612. The third kappa shape index (κ3) is 5.02. The van der Waals surface area contributed by atoms with Gasteiger partial charge in [-0.05, 0) is 74.6 Å². The summed E-state index contributed by atoms with van der Waals surface area (Å²) in [6, 6.07) is 68.7. The summed E-state index contributed by atoms with van der Waals surface area (Å²) in [7, 11) is 0. The topological polar surface area (TPSA) is 29.3 Å². The number of aromatic nitrogens is 1. The molecule has 0 radical (unpaired) electrons. The smallest absolute Gasteiger partial charge is 0.227 e. The van der Waals surface area contributed by atoms with E-state index in [9.17, 15) is 0 Å². The number of nitrogens with zero attached hydrogens (tertiary/aromatic N) is 2. The Morgan fingerprint density at radius 2 is 0.962 bits per heavy atom. The molecule has 9 aromatic carbocycles. The van der Waals surface area contributed by atoms with Crippen LogP contribution in [0.1, 0.15) is 0 Å². The Morgan fingerprint density at radius 3 is 1.73 bits per heavy atom. The zero-order valence-corrected chi connectivity index (χ0v) is 28.3. The van der Waals surface area contributed by atoms with Gasteiger partial charge in [0.2, 0.25) is 5.89 Å². The maximum atomic E-state index is 6.55. The summed E-state index contributed by atoms with van der Waals surface area (Å²) in [6.45, 7) is 0. The number of oxazole rings is 1. The predicted octanol–water partition coefficient (Wildman–Crippen LogP) is 13.8. The fourth-order valence-electron chi connectivity index (χ4n) is 7.65. The lowest BCUT2D eigenvalue weighted by Gasteiger charge is -2.29. The molecule has 1 aromatic heterocycles. The van der Waals surface area contributed by atoms with Crippen LogP contribution in [0.4, 0.5) is 17.1 Å². The molecule has 10 rings (SSSR count). The highest BCUT2D eigenvalue weighted by Gasteiger charge is 2.23. The van der Waals surface area contributed by atoms with E-state index in [2.05, 4.69) is 169 Å². The molecule has 3 heteroatoms. The first kappa shape index (κ1) is 29.9. The van der Waals surface area contributed by atoms with Gasteiger partial charge in [-0.1, -0.05) is 152 Å². The molecule has 0 bridgehead atoms. The molecule has 0 spiro atoms. The lowest BCUT2D eigenvalue weighted by Crippen LogP contribution is -2.12. The molecule has 0 N–H and O–H groups in total. The molecule has 244 valence electrons. The highest BCUT2D eigenvalue weighted by atomic mass is 16.3. The van der Waals surface area contributed by atoms with Crippen LogP contribution in [-0.4, -0.2) is 4.98 Å².